The lowest BCUT2D eigenvalue weighted by Gasteiger charge is -2.24. The molecule has 0 aliphatic carbocycles. The molecule has 0 spiro atoms. The van der Waals surface area contributed by atoms with Gasteiger partial charge in [0.1, 0.15) is 11.4 Å². The van der Waals surface area contributed by atoms with Crippen LogP contribution >= 0.6 is 0 Å². The van der Waals surface area contributed by atoms with Gasteiger partial charge in [-0.2, -0.15) is 0 Å². The van der Waals surface area contributed by atoms with Crippen LogP contribution in [0.5, 0.6) is 5.75 Å². The molecule has 3 aromatic carbocycles. The fourth-order valence-electron chi connectivity index (χ4n) is 3.70. The molecule has 39 heavy (non-hydrogen) atoms. The van der Waals surface area contributed by atoms with Gasteiger partial charge in [0.2, 0.25) is 0 Å². The second kappa shape index (κ2) is 13.2. The Morgan fingerprint density at radius 1 is 0.846 bits per heavy atom. The monoisotopic (exact) mass is 530 g/mol. The van der Waals surface area contributed by atoms with Crippen LogP contribution in [0.4, 0.5) is 5.69 Å². The number of ether oxygens (including phenoxy) is 2. The van der Waals surface area contributed by atoms with E-state index >= 15 is 0 Å². The average molecular weight is 531 g/mol. The Labute approximate surface area is 228 Å². The minimum Gasteiger partial charge on any atom is -0.460 e. The highest BCUT2D eigenvalue weighted by Crippen LogP contribution is 2.20. The van der Waals surface area contributed by atoms with Crippen molar-refractivity contribution in [3.8, 4) is 5.75 Å². The van der Waals surface area contributed by atoms with Gasteiger partial charge in [0, 0.05) is 25.1 Å². The van der Waals surface area contributed by atoms with Crippen molar-refractivity contribution in [2.24, 2.45) is 16.5 Å². The molecule has 0 bridgehead atoms. The molecular weight excluding hydrogens is 496 g/mol. The van der Waals surface area contributed by atoms with E-state index < -0.39 is 11.6 Å². The molecule has 204 valence electrons. The van der Waals surface area contributed by atoms with E-state index in [0.717, 1.165) is 5.56 Å². The molecule has 0 aromatic heterocycles. The minimum absolute atomic E-state index is 0.0697. The van der Waals surface area contributed by atoms with Gasteiger partial charge >= 0.3 is 11.9 Å². The summed E-state index contributed by atoms with van der Waals surface area (Å²) in [6.07, 6.45) is 0.660. The molecule has 0 radical (unpaired) electrons. The predicted octanol–water partition coefficient (Wildman–Crippen LogP) is 4.58. The average Bonchev–Trinajstić information content (AvgIpc) is 2.88. The number of hydrogen-bond donors (Lipinski definition) is 2. The molecule has 0 aliphatic rings. The van der Waals surface area contributed by atoms with Gasteiger partial charge in [-0.05, 0) is 81.3 Å². The number of amides is 1. The first kappa shape index (κ1) is 28.9. The fraction of sp³-hybridized carbons (Fsp3) is 0.267. The Bertz CT molecular complexity index is 1290. The Kier molecular flexibility index (Phi) is 9.80. The molecule has 4 N–H and O–H groups in total. The Morgan fingerprint density at radius 3 is 2.05 bits per heavy atom. The normalized spacial score (nSPS) is 10.8. The van der Waals surface area contributed by atoms with E-state index in [4.69, 9.17) is 20.9 Å². The molecule has 0 unspecified atom stereocenters. The Morgan fingerprint density at radius 2 is 1.46 bits per heavy atom. The largest absolute Gasteiger partial charge is 0.460 e. The molecule has 0 fully saturated rings. The van der Waals surface area contributed by atoms with Crippen molar-refractivity contribution in [2.45, 2.75) is 45.8 Å². The van der Waals surface area contributed by atoms with E-state index in [0.29, 0.717) is 42.1 Å². The van der Waals surface area contributed by atoms with Crippen molar-refractivity contribution in [2.75, 3.05) is 6.54 Å². The van der Waals surface area contributed by atoms with Gasteiger partial charge < -0.3 is 25.8 Å². The summed E-state index contributed by atoms with van der Waals surface area (Å²) in [5, 5.41) is 0. The van der Waals surface area contributed by atoms with Gasteiger partial charge in [-0.3, -0.25) is 9.59 Å². The highest BCUT2D eigenvalue weighted by molar-refractivity contribution is 5.96. The molecule has 0 aliphatic heterocycles. The first-order valence-electron chi connectivity index (χ1n) is 12.6. The molecule has 0 heterocycles. The van der Waals surface area contributed by atoms with Crippen LogP contribution in [0.1, 0.15) is 59.9 Å². The summed E-state index contributed by atoms with van der Waals surface area (Å²) >= 11 is 0. The van der Waals surface area contributed by atoms with Crippen molar-refractivity contribution in [3.63, 3.8) is 0 Å². The van der Waals surface area contributed by atoms with Crippen LogP contribution in [0.25, 0.3) is 0 Å². The molecule has 0 saturated heterocycles. The number of carbonyl (C=O) groups excluding carboxylic acids is 3. The first-order chi connectivity index (χ1) is 18.5. The lowest BCUT2D eigenvalue weighted by atomic mass is 10.1. The standard InChI is InChI=1S/C30H34N4O5/c1-30(2,3)39-26(35)10-7-19-34(20-21-8-5-4-6-9-21)27(36)22-11-13-23(14-12-22)28(37)38-25-17-15-24(16-18-25)33-29(31)32/h4-6,8-9,11-18H,7,10,19-20H2,1-3H3,(H4,31,32,33). The molecule has 0 saturated carbocycles. The van der Waals surface area contributed by atoms with Gasteiger partial charge in [0.15, 0.2) is 5.96 Å². The number of rotatable bonds is 10. The highest BCUT2D eigenvalue weighted by atomic mass is 16.6. The number of nitrogens with zero attached hydrogens (tertiary/aromatic N) is 2. The molecule has 1 amide bonds. The number of guanidine groups is 1. The zero-order chi connectivity index (χ0) is 28.4. The van der Waals surface area contributed by atoms with Crippen LogP contribution in [0.3, 0.4) is 0 Å². The zero-order valence-electron chi connectivity index (χ0n) is 22.4. The molecule has 9 heteroatoms. The number of carbonyl (C=O) groups is 3. The molecular formula is C30H34N4O5. The SMILES string of the molecule is CC(C)(C)OC(=O)CCCN(Cc1ccccc1)C(=O)c1ccc(C(=O)Oc2ccc(N=C(N)N)cc2)cc1. The zero-order valence-corrected chi connectivity index (χ0v) is 22.4. The number of esters is 2. The number of nitrogens with two attached hydrogens (primary N) is 2. The third-order valence-electron chi connectivity index (χ3n) is 5.41. The predicted molar refractivity (Wildman–Crippen MR) is 150 cm³/mol. The van der Waals surface area contributed by atoms with Crippen LogP contribution in [-0.4, -0.2) is 40.9 Å². The van der Waals surface area contributed by atoms with Crippen molar-refractivity contribution in [1.29, 1.82) is 0 Å². The fourth-order valence-corrected chi connectivity index (χ4v) is 3.70. The third kappa shape index (κ3) is 9.62. The number of hydrogen-bond acceptors (Lipinski definition) is 6. The van der Waals surface area contributed by atoms with Crippen LogP contribution < -0.4 is 16.2 Å². The first-order valence-corrected chi connectivity index (χ1v) is 12.6. The quantitative estimate of drug-likeness (QED) is 0.169. The van der Waals surface area contributed by atoms with E-state index in [1.54, 1.807) is 53.4 Å². The van der Waals surface area contributed by atoms with Gasteiger partial charge in [0.05, 0.1) is 11.3 Å². The third-order valence-corrected chi connectivity index (χ3v) is 5.41. The van der Waals surface area contributed by atoms with Crippen LogP contribution in [0.15, 0.2) is 83.9 Å². The minimum atomic E-state index is -0.568. The molecule has 9 nitrogen and oxygen atoms in total. The summed E-state index contributed by atoms with van der Waals surface area (Å²) in [4.78, 5) is 43.8. The maximum atomic E-state index is 13.4. The van der Waals surface area contributed by atoms with Gasteiger partial charge in [-0.25, -0.2) is 9.79 Å². The maximum absolute atomic E-state index is 13.4. The summed E-state index contributed by atoms with van der Waals surface area (Å²) < 4.78 is 10.8. The van der Waals surface area contributed by atoms with Crippen molar-refractivity contribution in [3.05, 3.63) is 95.6 Å². The van der Waals surface area contributed by atoms with E-state index in [9.17, 15) is 14.4 Å². The topological polar surface area (TPSA) is 137 Å². The number of aliphatic imine (C=N–C) groups is 1. The second-order valence-corrected chi connectivity index (χ2v) is 9.90. The van der Waals surface area contributed by atoms with Crippen molar-refractivity contribution >= 4 is 29.5 Å². The molecule has 0 atom stereocenters. The van der Waals surface area contributed by atoms with Crippen LogP contribution in [-0.2, 0) is 16.1 Å². The summed E-state index contributed by atoms with van der Waals surface area (Å²) in [6, 6.07) is 22.3. The van der Waals surface area contributed by atoms with E-state index in [2.05, 4.69) is 4.99 Å². The molecule has 3 aromatic rings. The van der Waals surface area contributed by atoms with E-state index in [1.807, 2.05) is 51.1 Å². The van der Waals surface area contributed by atoms with E-state index in [1.165, 1.54) is 0 Å². The molecule has 3 rings (SSSR count). The smallest absolute Gasteiger partial charge is 0.343 e. The highest BCUT2D eigenvalue weighted by Gasteiger charge is 2.20. The summed E-state index contributed by atoms with van der Waals surface area (Å²) in [7, 11) is 0. The summed E-state index contributed by atoms with van der Waals surface area (Å²) in [5.74, 6) is -0.822. The van der Waals surface area contributed by atoms with E-state index in [-0.39, 0.29) is 24.3 Å². The van der Waals surface area contributed by atoms with Crippen LogP contribution in [0.2, 0.25) is 0 Å². The van der Waals surface area contributed by atoms with Crippen LogP contribution in [0, 0.1) is 0 Å². The summed E-state index contributed by atoms with van der Waals surface area (Å²) in [6.45, 7) is 6.21. The number of benzene rings is 3. The van der Waals surface area contributed by atoms with Crippen molar-refractivity contribution < 1.29 is 23.9 Å². The van der Waals surface area contributed by atoms with Crippen molar-refractivity contribution in [1.82, 2.24) is 4.90 Å². The Hall–Kier alpha value is -4.66. The lowest BCUT2D eigenvalue weighted by Crippen LogP contribution is -2.32. The Balaban J connectivity index is 1.66. The van der Waals surface area contributed by atoms with Gasteiger partial charge in [-0.15, -0.1) is 0 Å². The van der Waals surface area contributed by atoms with Gasteiger partial charge in [0.25, 0.3) is 5.91 Å². The maximum Gasteiger partial charge on any atom is 0.343 e. The second-order valence-electron chi connectivity index (χ2n) is 9.90. The summed E-state index contributed by atoms with van der Waals surface area (Å²) in [5.41, 5.74) is 12.4. The van der Waals surface area contributed by atoms with Gasteiger partial charge in [-0.1, -0.05) is 30.3 Å². The lowest BCUT2D eigenvalue weighted by molar-refractivity contribution is -0.155.